The number of hydrogen-bond donors (Lipinski definition) is 1. The lowest BCUT2D eigenvalue weighted by Crippen LogP contribution is -2.05. The molecular weight excluding hydrogens is 232 g/mol. The highest BCUT2D eigenvalue weighted by Crippen LogP contribution is 2.27. The molecule has 0 aliphatic carbocycles. The van der Waals surface area contributed by atoms with Gasteiger partial charge in [-0.15, -0.1) is 0 Å². The van der Waals surface area contributed by atoms with Gasteiger partial charge in [-0.2, -0.15) is 5.10 Å². The lowest BCUT2D eigenvalue weighted by Gasteiger charge is -2.07. The molecular formula is C12H16N4S. The van der Waals surface area contributed by atoms with Crippen molar-refractivity contribution in [3.8, 4) is 0 Å². The van der Waals surface area contributed by atoms with E-state index in [4.69, 9.17) is 5.73 Å². The third kappa shape index (κ3) is 2.87. The number of hydrogen-bond acceptors (Lipinski definition) is 4. The predicted molar refractivity (Wildman–Crippen MR) is 68.9 cm³/mol. The first-order chi connectivity index (χ1) is 8.06. The molecule has 4 nitrogen and oxygen atoms in total. The molecule has 2 aromatic rings. The van der Waals surface area contributed by atoms with Crippen LogP contribution in [0.25, 0.3) is 0 Å². The van der Waals surface area contributed by atoms with Crippen molar-refractivity contribution in [2.75, 3.05) is 0 Å². The molecule has 0 aliphatic rings. The zero-order chi connectivity index (χ0) is 12.4. The largest absolute Gasteiger partial charge is 0.324 e. The van der Waals surface area contributed by atoms with Crippen LogP contribution in [-0.2, 0) is 7.05 Å². The summed E-state index contributed by atoms with van der Waals surface area (Å²) in [6, 6.07) is 6.05. The fraction of sp³-hybridized carbons (Fsp3) is 0.333. The van der Waals surface area contributed by atoms with Crippen LogP contribution in [0.2, 0.25) is 0 Å². The van der Waals surface area contributed by atoms with E-state index in [-0.39, 0.29) is 6.04 Å². The van der Waals surface area contributed by atoms with Gasteiger partial charge in [0.2, 0.25) is 0 Å². The Hall–Kier alpha value is -1.33. The van der Waals surface area contributed by atoms with E-state index in [9.17, 15) is 0 Å². The Kier molecular flexibility index (Phi) is 3.49. The molecule has 0 bridgehead atoms. The summed E-state index contributed by atoms with van der Waals surface area (Å²) in [5.74, 6) is 0. The van der Waals surface area contributed by atoms with Gasteiger partial charge in [0.1, 0.15) is 10.1 Å². The molecule has 1 atom stereocenters. The third-order valence-corrected chi connectivity index (χ3v) is 3.48. The highest BCUT2D eigenvalue weighted by atomic mass is 32.2. The highest BCUT2D eigenvalue weighted by molar-refractivity contribution is 7.99. The first-order valence-corrected chi connectivity index (χ1v) is 6.28. The fourth-order valence-corrected chi connectivity index (χ4v) is 2.48. The van der Waals surface area contributed by atoms with Gasteiger partial charge in [0.15, 0.2) is 0 Å². The fourth-order valence-electron chi connectivity index (χ4n) is 1.55. The molecule has 0 saturated carbocycles. The van der Waals surface area contributed by atoms with Crippen molar-refractivity contribution in [3.05, 3.63) is 35.7 Å². The number of aromatic nitrogens is 3. The number of rotatable bonds is 3. The molecule has 2 N–H and O–H groups in total. The second-order valence-corrected chi connectivity index (χ2v) is 5.11. The Morgan fingerprint density at radius 1 is 1.41 bits per heavy atom. The first-order valence-electron chi connectivity index (χ1n) is 5.46. The average Bonchev–Trinajstić information content (AvgIpc) is 2.58. The van der Waals surface area contributed by atoms with E-state index >= 15 is 0 Å². The minimum absolute atomic E-state index is 0.0330. The van der Waals surface area contributed by atoms with E-state index in [0.29, 0.717) is 0 Å². The minimum Gasteiger partial charge on any atom is -0.324 e. The molecule has 0 radical (unpaired) electrons. The maximum Gasteiger partial charge on any atom is 0.102 e. The minimum atomic E-state index is 0.0330. The molecule has 2 heterocycles. The van der Waals surface area contributed by atoms with Crippen molar-refractivity contribution < 1.29 is 0 Å². The molecule has 0 saturated heterocycles. The van der Waals surface area contributed by atoms with E-state index in [1.165, 1.54) is 0 Å². The summed E-state index contributed by atoms with van der Waals surface area (Å²) >= 11 is 1.60. The van der Waals surface area contributed by atoms with Crippen LogP contribution in [0.5, 0.6) is 0 Å². The van der Waals surface area contributed by atoms with Gasteiger partial charge in [0.25, 0.3) is 0 Å². The van der Waals surface area contributed by atoms with Crippen LogP contribution in [0, 0.1) is 6.92 Å². The highest BCUT2D eigenvalue weighted by Gasteiger charge is 2.07. The number of aryl methyl sites for hydroxylation is 2. The average molecular weight is 248 g/mol. The maximum atomic E-state index is 5.86. The summed E-state index contributed by atoms with van der Waals surface area (Å²) < 4.78 is 1.86. The molecule has 2 aromatic heterocycles. The Labute approximate surface area is 105 Å². The summed E-state index contributed by atoms with van der Waals surface area (Å²) in [6.07, 6.45) is 1.80. The predicted octanol–water partition coefficient (Wildman–Crippen LogP) is 2.29. The summed E-state index contributed by atoms with van der Waals surface area (Å²) in [7, 11) is 1.94. The zero-order valence-corrected chi connectivity index (χ0v) is 11.0. The summed E-state index contributed by atoms with van der Waals surface area (Å²) in [6.45, 7) is 3.95. The van der Waals surface area contributed by atoms with E-state index in [1.54, 1.807) is 18.0 Å². The first kappa shape index (κ1) is 12.1. The van der Waals surface area contributed by atoms with Crippen LogP contribution < -0.4 is 5.73 Å². The molecule has 0 spiro atoms. The second kappa shape index (κ2) is 4.89. The van der Waals surface area contributed by atoms with Crippen LogP contribution in [0.1, 0.15) is 24.2 Å². The van der Waals surface area contributed by atoms with Crippen molar-refractivity contribution in [1.29, 1.82) is 0 Å². The SMILES string of the molecule is Cc1cc(Sc2cc([C@@H](C)N)ccn2)n(C)n1. The van der Waals surface area contributed by atoms with E-state index < -0.39 is 0 Å². The monoisotopic (exact) mass is 248 g/mol. The number of pyridine rings is 1. The van der Waals surface area contributed by atoms with Crippen LogP contribution in [0.4, 0.5) is 0 Å². The van der Waals surface area contributed by atoms with Gasteiger partial charge in [-0.1, -0.05) is 11.8 Å². The van der Waals surface area contributed by atoms with Gasteiger partial charge in [0, 0.05) is 19.3 Å². The molecule has 0 aromatic carbocycles. The van der Waals surface area contributed by atoms with Gasteiger partial charge in [-0.05, 0) is 37.6 Å². The van der Waals surface area contributed by atoms with Crippen LogP contribution in [-0.4, -0.2) is 14.8 Å². The van der Waals surface area contributed by atoms with Crippen molar-refractivity contribution >= 4 is 11.8 Å². The standard InChI is InChI=1S/C12H16N4S/c1-8-6-12(16(3)15-8)17-11-7-10(9(2)13)4-5-14-11/h4-7,9H,13H2,1-3H3/t9-/m1/s1. The Morgan fingerprint density at radius 3 is 2.76 bits per heavy atom. The Morgan fingerprint density at radius 2 is 2.18 bits per heavy atom. The van der Waals surface area contributed by atoms with Gasteiger partial charge in [0.05, 0.1) is 5.69 Å². The molecule has 90 valence electrons. The Bertz CT molecular complexity index is 519. The summed E-state index contributed by atoms with van der Waals surface area (Å²) in [4.78, 5) is 4.33. The Balaban J connectivity index is 2.24. The van der Waals surface area contributed by atoms with Crippen LogP contribution in [0.3, 0.4) is 0 Å². The number of nitrogens with zero attached hydrogens (tertiary/aromatic N) is 3. The van der Waals surface area contributed by atoms with Crippen molar-refractivity contribution in [2.45, 2.75) is 29.9 Å². The van der Waals surface area contributed by atoms with Crippen LogP contribution in [0.15, 0.2) is 34.4 Å². The lowest BCUT2D eigenvalue weighted by molar-refractivity contribution is 0.692. The second-order valence-electron chi connectivity index (χ2n) is 4.07. The van der Waals surface area contributed by atoms with Crippen molar-refractivity contribution in [2.24, 2.45) is 12.8 Å². The van der Waals surface area contributed by atoms with E-state index in [0.717, 1.165) is 21.3 Å². The zero-order valence-electron chi connectivity index (χ0n) is 10.2. The van der Waals surface area contributed by atoms with E-state index in [2.05, 4.69) is 10.1 Å². The quantitative estimate of drug-likeness (QED) is 0.905. The maximum absolute atomic E-state index is 5.86. The van der Waals surface area contributed by atoms with Gasteiger partial charge >= 0.3 is 0 Å². The molecule has 0 amide bonds. The molecule has 0 fully saturated rings. The third-order valence-electron chi connectivity index (χ3n) is 2.45. The molecule has 0 aliphatic heterocycles. The van der Waals surface area contributed by atoms with E-state index in [1.807, 2.05) is 43.8 Å². The van der Waals surface area contributed by atoms with Gasteiger partial charge in [-0.3, -0.25) is 4.68 Å². The summed E-state index contributed by atoms with van der Waals surface area (Å²) in [5.41, 5.74) is 7.97. The molecule has 17 heavy (non-hydrogen) atoms. The number of nitrogens with two attached hydrogens (primary N) is 1. The van der Waals surface area contributed by atoms with Gasteiger partial charge < -0.3 is 5.73 Å². The van der Waals surface area contributed by atoms with Gasteiger partial charge in [-0.25, -0.2) is 4.98 Å². The van der Waals surface area contributed by atoms with Crippen LogP contribution >= 0.6 is 11.8 Å². The molecule has 5 heteroatoms. The smallest absolute Gasteiger partial charge is 0.102 e. The summed E-state index contributed by atoms with van der Waals surface area (Å²) in [5, 5.41) is 6.34. The topological polar surface area (TPSA) is 56.7 Å². The van der Waals surface area contributed by atoms with Crippen molar-refractivity contribution in [1.82, 2.24) is 14.8 Å². The molecule has 0 unspecified atom stereocenters. The molecule has 2 rings (SSSR count). The lowest BCUT2D eigenvalue weighted by atomic mass is 10.1. The van der Waals surface area contributed by atoms with Crippen molar-refractivity contribution in [3.63, 3.8) is 0 Å². The normalized spacial score (nSPS) is 12.7.